The lowest BCUT2D eigenvalue weighted by Crippen LogP contribution is -2.09. The van der Waals surface area contributed by atoms with Crippen LogP contribution in [0.25, 0.3) is 6.08 Å². The monoisotopic (exact) mass is 568 g/mol. The summed E-state index contributed by atoms with van der Waals surface area (Å²) in [5.74, 6) is -0.0750. The van der Waals surface area contributed by atoms with Crippen molar-refractivity contribution in [3.05, 3.63) is 71.8 Å². The van der Waals surface area contributed by atoms with Crippen molar-refractivity contribution >= 4 is 24.0 Å². The molecule has 2 aromatic rings. The van der Waals surface area contributed by atoms with Gasteiger partial charge in [-0.1, -0.05) is 38.3 Å². The van der Waals surface area contributed by atoms with Crippen molar-refractivity contribution in [1.29, 1.82) is 0 Å². The van der Waals surface area contributed by atoms with Crippen LogP contribution in [0.1, 0.15) is 61.4 Å². The van der Waals surface area contributed by atoms with Gasteiger partial charge in [0, 0.05) is 18.8 Å². The first-order chi connectivity index (χ1) is 19.8. The molecule has 0 spiro atoms. The summed E-state index contributed by atoms with van der Waals surface area (Å²) in [4.78, 5) is 35.7. The molecule has 222 valence electrons. The molecular formula is C32H40O9. The molecule has 9 nitrogen and oxygen atoms in total. The minimum Gasteiger partial charge on any atom is -0.494 e. The summed E-state index contributed by atoms with van der Waals surface area (Å²) in [6.45, 7) is 6.72. The average molecular weight is 569 g/mol. The van der Waals surface area contributed by atoms with Gasteiger partial charge in [0.15, 0.2) is 11.5 Å². The van der Waals surface area contributed by atoms with E-state index in [1.54, 1.807) is 55.5 Å². The van der Waals surface area contributed by atoms with Gasteiger partial charge in [-0.25, -0.2) is 14.4 Å². The van der Waals surface area contributed by atoms with Crippen LogP contribution in [0.3, 0.4) is 0 Å². The highest BCUT2D eigenvalue weighted by Gasteiger charge is 2.13. The Kier molecular flexibility index (Phi) is 15.4. The summed E-state index contributed by atoms with van der Waals surface area (Å²) in [7, 11) is 2.99. The second kappa shape index (κ2) is 19.0. The topological polar surface area (TPSA) is 107 Å². The number of benzene rings is 2. The number of esters is 3. The summed E-state index contributed by atoms with van der Waals surface area (Å²) >= 11 is 0. The average Bonchev–Trinajstić information content (AvgIpc) is 2.97. The molecule has 2 rings (SSSR count). The minimum atomic E-state index is -0.533. The number of hydrogen-bond acceptors (Lipinski definition) is 9. The molecule has 2 aromatic carbocycles. The van der Waals surface area contributed by atoms with E-state index in [1.165, 1.54) is 20.3 Å². The predicted molar refractivity (Wildman–Crippen MR) is 155 cm³/mol. The Hall–Kier alpha value is -4.11. The van der Waals surface area contributed by atoms with Crippen molar-refractivity contribution in [1.82, 2.24) is 0 Å². The molecule has 9 heteroatoms. The van der Waals surface area contributed by atoms with Gasteiger partial charge in [-0.15, -0.1) is 0 Å². The number of methoxy groups -OCH3 is 2. The van der Waals surface area contributed by atoms with Crippen LogP contribution in [0, 0.1) is 0 Å². The first-order valence-corrected chi connectivity index (χ1v) is 13.6. The highest BCUT2D eigenvalue weighted by atomic mass is 16.6. The van der Waals surface area contributed by atoms with Gasteiger partial charge in [0.1, 0.15) is 12.4 Å². The standard InChI is InChI=1S/C32H40O9/c1-24(2)31(34)40-20-10-8-6-5-7-9-19-38-27-15-13-26(14-16-27)32(35)41-28-17-11-25(23-29(28)37-4)12-18-30(33)39-22-21-36-3/h11-18,23H,1,5-10,19-22H2,2-4H3/b18-12+. The maximum Gasteiger partial charge on any atom is 0.343 e. The molecule has 0 radical (unpaired) electrons. The van der Waals surface area contributed by atoms with E-state index < -0.39 is 11.9 Å². The quantitative estimate of drug-likeness (QED) is 0.0879. The van der Waals surface area contributed by atoms with E-state index in [0.717, 1.165) is 38.5 Å². The summed E-state index contributed by atoms with van der Waals surface area (Å²) in [5, 5.41) is 0. The van der Waals surface area contributed by atoms with Crippen LogP contribution in [0.15, 0.2) is 60.7 Å². The van der Waals surface area contributed by atoms with Gasteiger partial charge in [0.25, 0.3) is 0 Å². The number of carbonyl (C=O) groups excluding carboxylic acids is 3. The highest BCUT2D eigenvalue weighted by molar-refractivity contribution is 5.91. The maximum atomic E-state index is 12.7. The third-order valence-electron chi connectivity index (χ3n) is 5.81. The minimum absolute atomic E-state index is 0.172. The summed E-state index contributed by atoms with van der Waals surface area (Å²) in [6.07, 6.45) is 8.89. The molecule has 0 heterocycles. The van der Waals surface area contributed by atoms with Crippen molar-refractivity contribution in [3.8, 4) is 17.2 Å². The van der Waals surface area contributed by atoms with Crippen LogP contribution in [0.5, 0.6) is 17.2 Å². The third kappa shape index (κ3) is 13.2. The molecule has 0 N–H and O–H groups in total. The molecule has 0 amide bonds. The van der Waals surface area contributed by atoms with E-state index in [4.69, 9.17) is 28.4 Å². The van der Waals surface area contributed by atoms with Crippen LogP contribution in [-0.4, -0.2) is 58.6 Å². The Bertz CT molecular complexity index is 1150. The first kappa shape index (κ1) is 33.1. The van der Waals surface area contributed by atoms with Gasteiger partial charge in [-0.05, 0) is 67.8 Å². The molecule has 0 aromatic heterocycles. The lowest BCUT2D eigenvalue weighted by atomic mass is 10.1. The number of carbonyl (C=O) groups is 3. The van der Waals surface area contributed by atoms with Crippen molar-refractivity contribution in [2.75, 3.05) is 40.6 Å². The van der Waals surface area contributed by atoms with Gasteiger partial charge < -0.3 is 28.4 Å². The summed E-state index contributed by atoms with van der Waals surface area (Å²) < 4.78 is 31.6. The molecule has 0 aliphatic carbocycles. The Balaban J connectivity index is 1.71. The molecule has 0 bridgehead atoms. The molecule has 0 saturated carbocycles. The molecule has 0 fully saturated rings. The smallest absolute Gasteiger partial charge is 0.343 e. The van der Waals surface area contributed by atoms with Gasteiger partial charge in [-0.2, -0.15) is 0 Å². The highest BCUT2D eigenvalue weighted by Crippen LogP contribution is 2.29. The van der Waals surface area contributed by atoms with E-state index in [9.17, 15) is 14.4 Å². The van der Waals surface area contributed by atoms with Gasteiger partial charge in [-0.3, -0.25) is 0 Å². The fourth-order valence-corrected chi connectivity index (χ4v) is 3.55. The summed E-state index contributed by atoms with van der Waals surface area (Å²) in [6, 6.07) is 11.7. The fourth-order valence-electron chi connectivity index (χ4n) is 3.55. The van der Waals surface area contributed by atoms with Crippen molar-refractivity contribution in [2.45, 2.75) is 45.4 Å². The second-order valence-corrected chi connectivity index (χ2v) is 9.20. The van der Waals surface area contributed by atoms with Crippen LogP contribution in [-0.2, 0) is 23.8 Å². The number of rotatable bonds is 19. The van der Waals surface area contributed by atoms with Crippen molar-refractivity contribution in [2.24, 2.45) is 0 Å². The van der Waals surface area contributed by atoms with E-state index in [0.29, 0.717) is 48.0 Å². The maximum absolute atomic E-state index is 12.7. The zero-order valence-corrected chi connectivity index (χ0v) is 24.1. The molecule has 0 aliphatic heterocycles. The first-order valence-electron chi connectivity index (χ1n) is 13.6. The summed E-state index contributed by atoms with van der Waals surface area (Å²) in [5.41, 5.74) is 1.47. The van der Waals surface area contributed by atoms with E-state index in [-0.39, 0.29) is 18.3 Å². The van der Waals surface area contributed by atoms with Crippen LogP contribution in [0.4, 0.5) is 0 Å². The molecule has 0 atom stereocenters. The molecular weight excluding hydrogens is 528 g/mol. The Labute approximate surface area is 242 Å². The number of unbranched alkanes of at least 4 members (excludes halogenated alkanes) is 5. The van der Waals surface area contributed by atoms with Gasteiger partial charge in [0.2, 0.25) is 0 Å². The Morgan fingerprint density at radius 1 is 0.780 bits per heavy atom. The SMILES string of the molecule is C=C(C)C(=O)OCCCCCCCCOc1ccc(C(=O)Oc2ccc(/C=C/C(=O)OCCOC)cc2OC)cc1. The number of hydrogen-bond donors (Lipinski definition) is 0. The Morgan fingerprint density at radius 2 is 1.46 bits per heavy atom. The van der Waals surface area contributed by atoms with Crippen LogP contribution < -0.4 is 14.2 Å². The molecule has 0 saturated heterocycles. The van der Waals surface area contributed by atoms with Gasteiger partial charge in [0.05, 0.1) is 32.5 Å². The molecule has 41 heavy (non-hydrogen) atoms. The van der Waals surface area contributed by atoms with Gasteiger partial charge >= 0.3 is 17.9 Å². The number of ether oxygens (including phenoxy) is 6. The lowest BCUT2D eigenvalue weighted by Gasteiger charge is -2.11. The second-order valence-electron chi connectivity index (χ2n) is 9.20. The largest absolute Gasteiger partial charge is 0.494 e. The molecule has 0 aliphatic rings. The van der Waals surface area contributed by atoms with Crippen LogP contribution in [0.2, 0.25) is 0 Å². The zero-order chi connectivity index (χ0) is 29.9. The van der Waals surface area contributed by atoms with E-state index in [2.05, 4.69) is 6.58 Å². The fraction of sp³-hybridized carbons (Fsp3) is 0.406. The van der Waals surface area contributed by atoms with E-state index >= 15 is 0 Å². The lowest BCUT2D eigenvalue weighted by molar-refractivity contribution is -0.139. The Morgan fingerprint density at radius 3 is 2.12 bits per heavy atom. The normalized spacial score (nSPS) is 10.7. The molecule has 0 unspecified atom stereocenters. The van der Waals surface area contributed by atoms with E-state index in [1.807, 2.05) is 0 Å². The van der Waals surface area contributed by atoms with Crippen molar-refractivity contribution < 1.29 is 42.8 Å². The zero-order valence-electron chi connectivity index (χ0n) is 24.1. The van der Waals surface area contributed by atoms with Crippen molar-refractivity contribution in [3.63, 3.8) is 0 Å². The predicted octanol–water partition coefficient (Wildman–Crippen LogP) is 5.96. The van der Waals surface area contributed by atoms with Crippen LogP contribution >= 0.6 is 0 Å². The third-order valence-corrected chi connectivity index (χ3v) is 5.81.